The Morgan fingerprint density at radius 3 is 1.80 bits per heavy atom. The van der Waals surface area contributed by atoms with Crippen molar-refractivity contribution in [2.75, 3.05) is 0 Å². The zero-order valence-corrected chi connectivity index (χ0v) is 17.9. The quantitative estimate of drug-likeness (QED) is 0.379. The second-order valence-electron chi connectivity index (χ2n) is 8.23. The van der Waals surface area contributed by atoms with E-state index in [4.69, 9.17) is 0 Å². The van der Waals surface area contributed by atoms with Gasteiger partial charge in [0.25, 0.3) is 0 Å². The van der Waals surface area contributed by atoms with Crippen molar-refractivity contribution in [1.82, 2.24) is 0 Å². The summed E-state index contributed by atoms with van der Waals surface area (Å²) in [7, 11) is -3.14. The van der Waals surface area contributed by atoms with E-state index in [2.05, 4.69) is 0 Å². The standard InChI is InChI=1S/C27H25O2P/c28-26-23-18-10-11-19-24(23)27(25(26)20-12-4-1-5-13-20)30(29,21-14-6-2-7-15-21)22-16-8-3-9-17-22/h2-3,6-11,14-19,27H,1,4-5,12-13H2. The molecule has 0 aromatic heterocycles. The third kappa shape index (κ3) is 3.02. The summed E-state index contributed by atoms with van der Waals surface area (Å²) in [6.07, 6.45) is 5.30. The van der Waals surface area contributed by atoms with E-state index in [0.717, 1.165) is 53.0 Å². The van der Waals surface area contributed by atoms with Gasteiger partial charge in [-0.15, -0.1) is 0 Å². The zero-order valence-electron chi connectivity index (χ0n) is 17.0. The Balaban J connectivity index is 1.83. The highest BCUT2D eigenvalue weighted by Gasteiger charge is 2.48. The second kappa shape index (κ2) is 7.85. The van der Waals surface area contributed by atoms with Gasteiger partial charge in [-0.3, -0.25) is 4.79 Å². The lowest BCUT2D eigenvalue weighted by atomic mass is 9.89. The highest BCUT2D eigenvalue weighted by Crippen LogP contribution is 2.64. The monoisotopic (exact) mass is 412 g/mol. The van der Waals surface area contributed by atoms with Gasteiger partial charge in [0.15, 0.2) is 12.9 Å². The summed E-state index contributed by atoms with van der Waals surface area (Å²) >= 11 is 0. The molecule has 2 aliphatic carbocycles. The predicted molar refractivity (Wildman–Crippen MR) is 123 cm³/mol. The fourth-order valence-corrected chi connectivity index (χ4v) is 8.50. The van der Waals surface area contributed by atoms with Crippen molar-refractivity contribution in [3.8, 4) is 0 Å². The van der Waals surface area contributed by atoms with Crippen LogP contribution in [-0.2, 0) is 4.57 Å². The minimum absolute atomic E-state index is 0.0830. The molecule has 0 heterocycles. The van der Waals surface area contributed by atoms with Gasteiger partial charge in [-0.1, -0.05) is 96.9 Å². The van der Waals surface area contributed by atoms with Crippen molar-refractivity contribution in [3.05, 3.63) is 107 Å². The van der Waals surface area contributed by atoms with Crippen LogP contribution in [0.1, 0.15) is 53.7 Å². The third-order valence-electron chi connectivity index (χ3n) is 6.50. The van der Waals surface area contributed by atoms with Crippen LogP contribution in [0.4, 0.5) is 0 Å². The average molecular weight is 412 g/mol. The zero-order chi connectivity index (χ0) is 20.6. The summed E-state index contributed by atoms with van der Waals surface area (Å²) in [4.78, 5) is 13.6. The largest absolute Gasteiger partial charge is 0.313 e. The van der Waals surface area contributed by atoms with Gasteiger partial charge in [-0.25, -0.2) is 0 Å². The molecule has 0 radical (unpaired) electrons. The van der Waals surface area contributed by atoms with E-state index >= 15 is 4.57 Å². The molecule has 0 N–H and O–H groups in total. The Morgan fingerprint density at radius 2 is 1.20 bits per heavy atom. The Morgan fingerprint density at radius 1 is 0.667 bits per heavy atom. The number of hydrogen-bond acceptors (Lipinski definition) is 2. The predicted octanol–water partition coefficient (Wildman–Crippen LogP) is 6.20. The van der Waals surface area contributed by atoms with Gasteiger partial charge >= 0.3 is 0 Å². The number of carbonyl (C=O) groups excluding carboxylic acids is 1. The topological polar surface area (TPSA) is 34.1 Å². The van der Waals surface area contributed by atoms with Crippen molar-refractivity contribution in [1.29, 1.82) is 0 Å². The molecule has 0 spiro atoms. The number of ketones is 1. The SMILES string of the molecule is O=C1C(=C2CCCCC2)C(P(=O)(c2ccccc2)c2ccccc2)c2ccccc21. The molecule has 3 heteroatoms. The molecule has 0 bridgehead atoms. The van der Waals surface area contributed by atoms with E-state index in [1.807, 2.05) is 84.9 Å². The van der Waals surface area contributed by atoms with Crippen molar-refractivity contribution in [2.24, 2.45) is 0 Å². The molecule has 5 rings (SSSR count). The van der Waals surface area contributed by atoms with E-state index in [-0.39, 0.29) is 5.78 Å². The van der Waals surface area contributed by atoms with Gasteiger partial charge in [0, 0.05) is 21.7 Å². The molecule has 0 amide bonds. The molecule has 3 aromatic carbocycles. The molecule has 2 aliphatic rings. The van der Waals surface area contributed by atoms with Gasteiger partial charge in [-0.05, 0) is 31.2 Å². The van der Waals surface area contributed by atoms with E-state index in [1.165, 1.54) is 12.0 Å². The first-order valence-electron chi connectivity index (χ1n) is 10.8. The maximum atomic E-state index is 15.2. The third-order valence-corrected chi connectivity index (χ3v) is 9.89. The van der Waals surface area contributed by atoms with E-state index in [9.17, 15) is 4.79 Å². The van der Waals surface area contributed by atoms with Gasteiger partial charge in [0.1, 0.15) is 0 Å². The Hall–Kier alpha value is -2.70. The summed E-state index contributed by atoms with van der Waals surface area (Å²) in [5, 5.41) is 1.64. The van der Waals surface area contributed by atoms with Crippen molar-refractivity contribution >= 4 is 23.5 Å². The van der Waals surface area contributed by atoms with Crippen LogP contribution in [0, 0.1) is 0 Å². The molecule has 1 saturated carbocycles. The van der Waals surface area contributed by atoms with Crippen LogP contribution in [0.5, 0.6) is 0 Å². The summed E-state index contributed by atoms with van der Waals surface area (Å²) in [5.74, 6) is 0.0830. The smallest absolute Gasteiger partial charge is 0.190 e. The van der Waals surface area contributed by atoms with Gasteiger partial charge in [-0.2, -0.15) is 0 Å². The maximum absolute atomic E-state index is 15.2. The number of Topliss-reactive ketones (excluding diaryl/α,β-unsaturated/α-hetero) is 1. The van der Waals surface area contributed by atoms with Crippen LogP contribution < -0.4 is 10.6 Å². The van der Waals surface area contributed by atoms with Crippen molar-refractivity contribution in [3.63, 3.8) is 0 Å². The van der Waals surface area contributed by atoms with Gasteiger partial charge in [0.05, 0.1) is 5.66 Å². The number of rotatable bonds is 3. The van der Waals surface area contributed by atoms with Crippen LogP contribution in [0.2, 0.25) is 0 Å². The molecule has 30 heavy (non-hydrogen) atoms. The van der Waals surface area contributed by atoms with Crippen LogP contribution >= 0.6 is 7.14 Å². The van der Waals surface area contributed by atoms with Crippen LogP contribution in [-0.4, -0.2) is 5.78 Å². The molecule has 0 aliphatic heterocycles. The fraction of sp³-hybridized carbons (Fsp3) is 0.222. The first-order chi connectivity index (χ1) is 14.7. The Bertz CT molecular complexity index is 1110. The molecule has 3 aromatic rings. The highest BCUT2D eigenvalue weighted by molar-refractivity contribution is 7.79. The van der Waals surface area contributed by atoms with Crippen LogP contribution in [0.3, 0.4) is 0 Å². The number of fused-ring (bicyclic) bond motifs is 1. The molecule has 1 fully saturated rings. The lowest BCUT2D eigenvalue weighted by Crippen LogP contribution is -2.22. The molecular formula is C27H25O2P. The Kier molecular flexibility index (Phi) is 5.05. The minimum atomic E-state index is -3.14. The summed E-state index contributed by atoms with van der Waals surface area (Å²) < 4.78 is 15.2. The lowest BCUT2D eigenvalue weighted by molar-refractivity contribution is 0.103. The molecule has 0 saturated heterocycles. The first-order valence-corrected chi connectivity index (χ1v) is 12.6. The molecule has 150 valence electrons. The van der Waals surface area contributed by atoms with E-state index in [0.29, 0.717) is 0 Å². The summed E-state index contributed by atoms with van der Waals surface area (Å²) in [5.41, 5.74) is 3.28. The Labute approximate surface area is 178 Å². The van der Waals surface area contributed by atoms with Crippen molar-refractivity contribution in [2.45, 2.75) is 37.8 Å². The average Bonchev–Trinajstić information content (AvgIpc) is 3.13. The van der Waals surface area contributed by atoms with Gasteiger partial charge < -0.3 is 4.57 Å². The van der Waals surface area contributed by atoms with Gasteiger partial charge in [0.2, 0.25) is 0 Å². The molecule has 2 nitrogen and oxygen atoms in total. The summed E-state index contributed by atoms with van der Waals surface area (Å²) in [6.45, 7) is 0. The van der Waals surface area contributed by atoms with E-state index < -0.39 is 12.8 Å². The number of carbonyl (C=O) groups is 1. The normalized spacial score (nSPS) is 19.1. The highest BCUT2D eigenvalue weighted by atomic mass is 31.2. The minimum Gasteiger partial charge on any atom is -0.313 e. The first kappa shape index (κ1) is 19.3. The lowest BCUT2D eigenvalue weighted by Gasteiger charge is -2.29. The maximum Gasteiger partial charge on any atom is 0.190 e. The number of benzene rings is 3. The van der Waals surface area contributed by atoms with Crippen molar-refractivity contribution < 1.29 is 9.36 Å². The number of hydrogen-bond donors (Lipinski definition) is 0. The van der Waals surface area contributed by atoms with Crippen LogP contribution in [0.25, 0.3) is 0 Å². The molecular weight excluding hydrogens is 387 g/mol. The summed E-state index contributed by atoms with van der Waals surface area (Å²) in [6, 6.07) is 27.3. The fourth-order valence-electron chi connectivity index (χ4n) is 5.09. The van der Waals surface area contributed by atoms with E-state index in [1.54, 1.807) is 0 Å². The number of allylic oxidation sites excluding steroid dienone is 2. The molecule has 1 unspecified atom stereocenters. The molecule has 1 atom stereocenters. The second-order valence-corrected chi connectivity index (χ2v) is 11.1. The van der Waals surface area contributed by atoms with Crippen LogP contribution in [0.15, 0.2) is 96.1 Å².